The highest BCUT2D eigenvalue weighted by atomic mass is 35.5. The summed E-state index contributed by atoms with van der Waals surface area (Å²) in [6.45, 7) is 1.19. The Balaban J connectivity index is 3.92. The van der Waals surface area contributed by atoms with Crippen molar-refractivity contribution in [3.63, 3.8) is 0 Å². The number of halogens is 4. The van der Waals surface area contributed by atoms with Gasteiger partial charge in [0.05, 0.1) is 6.42 Å². The monoisotopic (exact) mass is 260 g/mol. The summed E-state index contributed by atoms with van der Waals surface area (Å²) in [6, 6.07) is -2.05. The highest BCUT2D eigenvalue weighted by Crippen LogP contribution is 2.21. The maximum atomic E-state index is 11.9. The van der Waals surface area contributed by atoms with E-state index in [2.05, 4.69) is 0 Å². The van der Waals surface area contributed by atoms with Crippen LogP contribution in [0.25, 0.3) is 0 Å². The van der Waals surface area contributed by atoms with E-state index in [-0.39, 0.29) is 12.3 Å². The molecular weight excluding hydrogens is 249 g/mol. The van der Waals surface area contributed by atoms with E-state index in [1.807, 2.05) is 10.6 Å². The minimum absolute atomic E-state index is 0.0389. The van der Waals surface area contributed by atoms with Crippen LogP contribution in [-0.2, 0) is 4.79 Å². The van der Waals surface area contributed by atoms with Crippen LogP contribution in [-0.4, -0.2) is 30.0 Å². The zero-order valence-electron chi connectivity index (χ0n) is 8.53. The Kier molecular flexibility index (Phi) is 6.17. The van der Waals surface area contributed by atoms with Crippen molar-refractivity contribution < 1.29 is 22.8 Å². The average molecular weight is 261 g/mol. The number of carbonyl (C=O) groups is 2. The van der Waals surface area contributed by atoms with Gasteiger partial charge < -0.3 is 5.32 Å². The van der Waals surface area contributed by atoms with Crippen molar-refractivity contribution in [2.75, 3.05) is 5.88 Å². The van der Waals surface area contributed by atoms with E-state index in [0.29, 0.717) is 0 Å². The van der Waals surface area contributed by atoms with Crippen LogP contribution in [0, 0.1) is 0 Å². The van der Waals surface area contributed by atoms with Gasteiger partial charge in [-0.05, 0) is 6.92 Å². The van der Waals surface area contributed by atoms with E-state index in [9.17, 15) is 22.8 Å². The molecule has 4 nitrogen and oxygen atoms in total. The molecule has 8 heteroatoms. The molecular formula is C8H12ClF3N2O2. The zero-order chi connectivity index (χ0) is 12.8. The molecule has 3 amide bonds. The molecule has 0 aromatic heterocycles. The number of rotatable bonds is 4. The highest BCUT2D eigenvalue weighted by molar-refractivity contribution is 6.19. The predicted molar refractivity (Wildman–Crippen MR) is 52.1 cm³/mol. The molecule has 0 aromatic carbocycles. The van der Waals surface area contributed by atoms with Crippen LogP contribution in [0.15, 0.2) is 0 Å². The van der Waals surface area contributed by atoms with E-state index in [1.165, 1.54) is 6.92 Å². The molecule has 94 valence electrons. The minimum atomic E-state index is -4.35. The largest absolute Gasteiger partial charge is 0.391 e. The lowest BCUT2D eigenvalue weighted by Gasteiger charge is -2.15. The lowest BCUT2D eigenvalue weighted by Crippen LogP contribution is -2.44. The second-order valence-corrected chi connectivity index (χ2v) is 3.56. The second kappa shape index (κ2) is 6.57. The van der Waals surface area contributed by atoms with Crippen molar-refractivity contribution in [3.8, 4) is 0 Å². The van der Waals surface area contributed by atoms with E-state index in [0.717, 1.165) is 0 Å². The average Bonchev–Trinajstić information content (AvgIpc) is 1.98. The minimum Gasteiger partial charge on any atom is -0.335 e. The van der Waals surface area contributed by atoms with Gasteiger partial charge in [0.25, 0.3) is 0 Å². The molecule has 0 aliphatic carbocycles. The zero-order valence-corrected chi connectivity index (χ0v) is 9.28. The molecule has 2 N–H and O–H groups in total. The molecule has 0 fully saturated rings. The van der Waals surface area contributed by atoms with Crippen molar-refractivity contribution in [2.45, 2.75) is 32.0 Å². The predicted octanol–water partition coefficient (Wildman–Crippen LogP) is 1.78. The fourth-order valence-corrected chi connectivity index (χ4v) is 1.10. The van der Waals surface area contributed by atoms with Gasteiger partial charge in [0.1, 0.15) is 0 Å². The molecule has 1 unspecified atom stereocenters. The third kappa shape index (κ3) is 8.34. The van der Waals surface area contributed by atoms with Gasteiger partial charge in [0, 0.05) is 18.3 Å². The molecule has 0 saturated carbocycles. The molecule has 16 heavy (non-hydrogen) atoms. The Bertz CT molecular complexity index is 258. The summed E-state index contributed by atoms with van der Waals surface area (Å²) in [7, 11) is 0. The summed E-state index contributed by atoms with van der Waals surface area (Å²) in [5.41, 5.74) is 0. The molecule has 0 radical (unpaired) electrons. The van der Waals surface area contributed by atoms with E-state index >= 15 is 0 Å². The summed E-state index contributed by atoms with van der Waals surface area (Å²) >= 11 is 5.23. The fraction of sp³-hybridized carbons (Fsp3) is 0.750. The van der Waals surface area contributed by atoms with Crippen molar-refractivity contribution in [2.24, 2.45) is 0 Å². The molecule has 0 saturated heterocycles. The summed E-state index contributed by atoms with van der Waals surface area (Å²) in [4.78, 5) is 21.8. The van der Waals surface area contributed by atoms with Crippen molar-refractivity contribution >= 4 is 23.5 Å². The lowest BCUT2D eigenvalue weighted by molar-refractivity contribution is -0.138. The van der Waals surface area contributed by atoms with Crippen LogP contribution >= 0.6 is 11.6 Å². The topological polar surface area (TPSA) is 58.2 Å². The Morgan fingerprint density at radius 2 is 1.94 bits per heavy atom. The molecule has 0 spiro atoms. The van der Waals surface area contributed by atoms with Crippen molar-refractivity contribution in [1.29, 1.82) is 0 Å². The third-order valence-electron chi connectivity index (χ3n) is 1.49. The van der Waals surface area contributed by atoms with Crippen LogP contribution in [0.1, 0.15) is 19.8 Å². The van der Waals surface area contributed by atoms with Gasteiger partial charge in [-0.25, -0.2) is 4.79 Å². The molecule has 0 bridgehead atoms. The first-order valence-corrected chi connectivity index (χ1v) is 5.01. The number of hydrogen-bond acceptors (Lipinski definition) is 2. The normalized spacial score (nSPS) is 13.1. The van der Waals surface area contributed by atoms with Gasteiger partial charge in [0.15, 0.2) is 0 Å². The summed E-state index contributed by atoms with van der Waals surface area (Å²) in [5.74, 6) is -0.594. The van der Waals surface area contributed by atoms with E-state index in [1.54, 1.807) is 0 Å². The Labute approximate surface area is 95.5 Å². The lowest BCUT2D eigenvalue weighted by atomic mass is 10.2. The van der Waals surface area contributed by atoms with Gasteiger partial charge in [-0.1, -0.05) is 0 Å². The number of urea groups is 1. The van der Waals surface area contributed by atoms with Gasteiger partial charge in [0.2, 0.25) is 5.91 Å². The maximum Gasteiger partial charge on any atom is 0.391 e. The number of nitrogens with one attached hydrogen (secondary N) is 2. The first-order valence-electron chi connectivity index (χ1n) is 4.47. The second-order valence-electron chi connectivity index (χ2n) is 3.18. The van der Waals surface area contributed by atoms with Gasteiger partial charge in [-0.2, -0.15) is 13.2 Å². The van der Waals surface area contributed by atoms with Crippen molar-refractivity contribution in [1.82, 2.24) is 10.6 Å². The molecule has 0 aliphatic rings. The van der Waals surface area contributed by atoms with Crippen LogP contribution in [0.3, 0.4) is 0 Å². The Morgan fingerprint density at radius 1 is 1.38 bits per heavy atom. The molecule has 0 aromatic rings. The van der Waals surface area contributed by atoms with Crippen LogP contribution < -0.4 is 10.6 Å². The molecule has 0 heterocycles. The third-order valence-corrected chi connectivity index (χ3v) is 1.68. The summed E-state index contributed by atoms with van der Waals surface area (Å²) in [6.07, 6.45) is -5.57. The number of amides is 3. The standard InChI is InChI=1S/C8H12ClF3N2O2/c1-5(4-8(10,11)12)13-7(16)14-6(15)2-3-9/h5H,2-4H2,1H3,(H2,13,14,15,16). The SMILES string of the molecule is CC(CC(F)(F)F)NC(=O)NC(=O)CCCl. The van der Waals surface area contributed by atoms with Gasteiger partial charge in [-0.3, -0.25) is 10.1 Å². The van der Waals surface area contributed by atoms with Crippen molar-refractivity contribution in [3.05, 3.63) is 0 Å². The number of alkyl halides is 4. The smallest absolute Gasteiger partial charge is 0.335 e. The molecule has 1 atom stereocenters. The number of carbonyl (C=O) groups excluding carboxylic acids is 2. The van der Waals surface area contributed by atoms with Gasteiger partial charge >= 0.3 is 12.2 Å². The van der Waals surface area contributed by atoms with Crippen LogP contribution in [0.5, 0.6) is 0 Å². The molecule has 0 rings (SSSR count). The Hall–Kier alpha value is -0.980. The van der Waals surface area contributed by atoms with Crippen LogP contribution in [0.4, 0.5) is 18.0 Å². The van der Waals surface area contributed by atoms with E-state index in [4.69, 9.17) is 11.6 Å². The quantitative estimate of drug-likeness (QED) is 0.757. The maximum absolute atomic E-state index is 11.9. The first-order chi connectivity index (χ1) is 7.24. The van der Waals surface area contributed by atoms with Gasteiger partial charge in [-0.15, -0.1) is 11.6 Å². The highest BCUT2D eigenvalue weighted by Gasteiger charge is 2.30. The fourth-order valence-electron chi connectivity index (χ4n) is 0.933. The van der Waals surface area contributed by atoms with E-state index < -0.39 is 30.6 Å². The Morgan fingerprint density at radius 3 is 2.38 bits per heavy atom. The molecule has 0 aliphatic heterocycles. The number of imide groups is 1. The number of hydrogen-bond donors (Lipinski definition) is 2. The van der Waals surface area contributed by atoms with Crippen LogP contribution in [0.2, 0.25) is 0 Å². The summed E-state index contributed by atoms with van der Waals surface area (Å²) in [5, 5.41) is 3.85. The summed E-state index contributed by atoms with van der Waals surface area (Å²) < 4.78 is 35.7. The first kappa shape index (κ1) is 15.0.